The first-order valence-electron chi connectivity index (χ1n) is 17.5. The molecule has 0 spiro atoms. The average Bonchev–Trinajstić information content (AvgIpc) is 3.51. The van der Waals surface area contributed by atoms with Gasteiger partial charge in [-0.3, -0.25) is 0 Å². The number of halogens is 1. The van der Waals surface area contributed by atoms with Crippen LogP contribution in [0.3, 0.4) is 0 Å². The van der Waals surface area contributed by atoms with Crippen LogP contribution in [0.4, 0.5) is 5.82 Å². The Labute approximate surface area is 307 Å². The first-order valence-corrected chi connectivity index (χ1v) is 17.9. The van der Waals surface area contributed by atoms with Crippen LogP contribution in [0.2, 0.25) is 5.02 Å². The number of aromatic nitrogens is 3. The van der Waals surface area contributed by atoms with E-state index in [2.05, 4.69) is 37.1 Å². The van der Waals surface area contributed by atoms with Crippen LogP contribution in [0.15, 0.2) is 67.8 Å². The number of fused-ring (bicyclic) bond motifs is 1. The molecule has 0 radical (unpaired) electrons. The van der Waals surface area contributed by atoms with E-state index in [4.69, 9.17) is 40.6 Å². The average molecular weight is 715 g/mol. The predicted octanol–water partition coefficient (Wildman–Crippen LogP) is 9.27. The van der Waals surface area contributed by atoms with Gasteiger partial charge in [0.2, 0.25) is 0 Å². The fourth-order valence-electron chi connectivity index (χ4n) is 6.60. The third-order valence-corrected chi connectivity index (χ3v) is 9.67. The molecule has 2 atom stereocenters. The normalized spacial score (nSPS) is 15.7. The van der Waals surface area contributed by atoms with Crippen molar-refractivity contribution in [1.29, 1.82) is 0 Å². The summed E-state index contributed by atoms with van der Waals surface area (Å²) in [6.45, 7) is 23.4. The van der Waals surface area contributed by atoms with E-state index in [9.17, 15) is 4.79 Å². The van der Waals surface area contributed by atoms with Crippen LogP contribution < -0.4 is 9.64 Å². The summed E-state index contributed by atoms with van der Waals surface area (Å²) in [7, 11) is 1.38. The summed E-state index contributed by atoms with van der Waals surface area (Å²) in [6.07, 6.45) is 4.83. The highest BCUT2D eigenvalue weighted by Crippen LogP contribution is 2.41. The molecule has 0 N–H and O–H groups in total. The van der Waals surface area contributed by atoms with Crippen LogP contribution in [0.25, 0.3) is 28.0 Å². The number of carbonyl (C=O) groups is 1. The lowest BCUT2D eigenvalue weighted by Gasteiger charge is -2.41. The molecule has 0 bridgehead atoms. The number of rotatable bonds is 13. The smallest absolute Gasteiger partial charge is 0.339 e. The van der Waals surface area contributed by atoms with Crippen LogP contribution in [-0.4, -0.2) is 64.7 Å². The summed E-state index contributed by atoms with van der Waals surface area (Å²) in [6, 6.07) is 14.0. The van der Waals surface area contributed by atoms with Crippen molar-refractivity contribution < 1.29 is 23.7 Å². The Hall–Kier alpha value is -4.18. The maximum atomic E-state index is 13.4. The molecule has 51 heavy (non-hydrogen) atoms. The molecule has 3 heterocycles. The minimum atomic E-state index is -1.02. The van der Waals surface area contributed by atoms with Crippen molar-refractivity contribution in [3.05, 3.63) is 89.6 Å². The Bertz CT molecular complexity index is 1900. The molecule has 0 aliphatic carbocycles. The molecule has 9 nitrogen and oxygen atoms in total. The van der Waals surface area contributed by atoms with Crippen LogP contribution >= 0.6 is 11.6 Å². The highest BCUT2D eigenvalue weighted by Gasteiger charge is 2.38. The Morgan fingerprint density at radius 2 is 1.78 bits per heavy atom. The van der Waals surface area contributed by atoms with Crippen LogP contribution in [-0.2, 0) is 19.0 Å². The van der Waals surface area contributed by atoms with Crippen molar-refractivity contribution in [2.24, 2.45) is 0 Å². The summed E-state index contributed by atoms with van der Waals surface area (Å²) < 4.78 is 26.1. The Morgan fingerprint density at radius 3 is 2.43 bits per heavy atom. The van der Waals surface area contributed by atoms with Gasteiger partial charge in [-0.1, -0.05) is 42.0 Å². The molecule has 1 aliphatic rings. The van der Waals surface area contributed by atoms with E-state index < -0.39 is 17.7 Å². The quantitative estimate of drug-likeness (QED) is 0.100. The molecule has 5 rings (SSSR count). The van der Waals surface area contributed by atoms with E-state index >= 15 is 0 Å². The number of aryl methyl sites for hydroxylation is 1. The number of hydrogen-bond acceptors (Lipinski definition) is 8. The fraction of sp³-hybridized carbons (Fsp3) is 0.439. The van der Waals surface area contributed by atoms with E-state index in [0.29, 0.717) is 41.6 Å². The zero-order valence-corrected chi connectivity index (χ0v) is 32.0. The monoisotopic (exact) mass is 714 g/mol. The predicted molar refractivity (Wildman–Crippen MR) is 205 cm³/mol. The number of hydrogen-bond donors (Lipinski definition) is 0. The first-order chi connectivity index (χ1) is 24.2. The molecule has 2 unspecified atom stereocenters. The summed E-state index contributed by atoms with van der Waals surface area (Å²) in [5.41, 5.74) is 5.45. The van der Waals surface area contributed by atoms with Crippen molar-refractivity contribution in [3.63, 3.8) is 0 Å². The van der Waals surface area contributed by atoms with Crippen molar-refractivity contribution >= 4 is 29.0 Å². The van der Waals surface area contributed by atoms with E-state index in [0.717, 1.165) is 58.8 Å². The first kappa shape index (κ1) is 38.1. The maximum Gasteiger partial charge on any atom is 0.339 e. The van der Waals surface area contributed by atoms with Gasteiger partial charge in [0, 0.05) is 47.4 Å². The maximum absolute atomic E-state index is 13.4. The summed E-state index contributed by atoms with van der Waals surface area (Å²) in [5, 5.41) is 5.83. The van der Waals surface area contributed by atoms with Crippen LogP contribution in [0.1, 0.15) is 76.8 Å². The van der Waals surface area contributed by atoms with Crippen LogP contribution in [0.5, 0.6) is 5.75 Å². The van der Waals surface area contributed by atoms with Crippen molar-refractivity contribution in [2.45, 2.75) is 91.1 Å². The number of anilines is 1. The molecule has 1 aliphatic heterocycles. The third kappa shape index (κ3) is 8.49. The van der Waals surface area contributed by atoms with Gasteiger partial charge in [-0.25, -0.2) is 9.78 Å². The van der Waals surface area contributed by atoms with Gasteiger partial charge >= 0.3 is 5.97 Å². The molecule has 2 aromatic carbocycles. The Morgan fingerprint density at radius 1 is 1.08 bits per heavy atom. The van der Waals surface area contributed by atoms with Gasteiger partial charge in [0.05, 0.1) is 42.3 Å². The minimum Gasteiger partial charge on any atom is -0.490 e. The number of methoxy groups -OCH3 is 1. The third-order valence-electron chi connectivity index (χ3n) is 9.26. The number of piperidine rings is 1. The molecule has 0 saturated carbocycles. The van der Waals surface area contributed by atoms with Gasteiger partial charge in [-0.15, -0.1) is 13.2 Å². The molecular weight excluding hydrogens is 664 g/mol. The highest BCUT2D eigenvalue weighted by molar-refractivity contribution is 6.31. The van der Waals surface area contributed by atoms with Gasteiger partial charge < -0.3 is 23.8 Å². The molecule has 0 amide bonds. The van der Waals surface area contributed by atoms with E-state index in [-0.39, 0.29) is 11.7 Å². The van der Waals surface area contributed by atoms with Crippen molar-refractivity contribution in [2.75, 3.05) is 31.7 Å². The Kier molecular flexibility index (Phi) is 11.6. The zero-order valence-electron chi connectivity index (χ0n) is 31.2. The number of esters is 1. The van der Waals surface area contributed by atoms with E-state index in [1.165, 1.54) is 7.11 Å². The highest BCUT2D eigenvalue weighted by atomic mass is 35.5. The number of ether oxygens (including phenoxy) is 4. The standard InChI is InChI=1S/C41H51ClN4O5/c1-11-14-26(3)50-33-18-17-31(42)27(4)35(33)30-16-13-15-29(24-30)32-25-34-43-28(5)36(37(39(47)48-10)51-40(6,7)8)38(46(34)44-32)45-21-19-41(9,20-22-45)49-23-12-2/h11-13,15-18,24-26,37H,1-2,14,19-23H2,3-10H3. The van der Waals surface area contributed by atoms with Gasteiger partial charge in [0.25, 0.3) is 0 Å². The lowest BCUT2D eigenvalue weighted by atomic mass is 9.92. The van der Waals surface area contributed by atoms with Gasteiger partial charge in [-0.05, 0) is 90.6 Å². The van der Waals surface area contributed by atoms with E-state index in [1.807, 2.05) is 82.5 Å². The molecule has 1 saturated heterocycles. The molecule has 10 heteroatoms. The summed E-state index contributed by atoms with van der Waals surface area (Å²) in [4.78, 5) is 20.7. The number of benzene rings is 2. The molecule has 272 valence electrons. The topological polar surface area (TPSA) is 87.4 Å². The second-order valence-electron chi connectivity index (χ2n) is 14.5. The van der Waals surface area contributed by atoms with E-state index in [1.54, 1.807) is 6.08 Å². The Balaban J connectivity index is 1.66. The summed E-state index contributed by atoms with van der Waals surface area (Å²) in [5.74, 6) is 1.01. The SMILES string of the molecule is C=CCOC1(C)CCN(c2c(C(OC(C)(C)C)C(=O)OC)c(C)nc3cc(-c4cccc(-c5c(OC(C)CC=C)ccc(Cl)c5C)c4)nn23)CC1. The van der Waals surface area contributed by atoms with Crippen molar-refractivity contribution in [3.8, 4) is 28.1 Å². The van der Waals surface area contributed by atoms with Crippen LogP contribution in [0, 0.1) is 13.8 Å². The molecule has 1 fully saturated rings. The largest absolute Gasteiger partial charge is 0.490 e. The van der Waals surface area contributed by atoms with Gasteiger partial charge in [0.15, 0.2) is 11.8 Å². The summed E-state index contributed by atoms with van der Waals surface area (Å²) >= 11 is 6.65. The van der Waals surface area contributed by atoms with Crippen molar-refractivity contribution in [1.82, 2.24) is 14.6 Å². The molecular formula is C41H51ClN4O5. The second kappa shape index (κ2) is 15.6. The lowest BCUT2D eigenvalue weighted by molar-refractivity contribution is -0.164. The molecule has 4 aromatic rings. The zero-order chi connectivity index (χ0) is 37.1. The number of nitrogens with zero attached hydrogens (tertiary/aromatic N) is 4. The lowest BCUT2D eigenvalue weighted by Crippen LogP contribution is -2.45. The molecule has 2 aromatic heterocycles. The van der Waals surface area contributed by atoms with Gasteiger partial charge in [0.1, 0.15) is 11.6 Å². The minimum absolute atomic E-state index is 0.0531. The van der Waals surface area contributed by atoms with Gasteiger partial charge in [-0.2, -0.15) is 9.61 Å². The fourth-order valence-corrected chi connectivity index (χ4v) is 6.76. The number of carbonyl (C=O) groups excluding carboxylic acids is 1. The second-order valence-corrected chi connectivity index (χ2v) is 14.9.